The minimum atomic E-state index is 0.105. The molecule has 29 heavy (non-hydrogen) atoms. The lowest BCUT2D eigenvalue weighted by molar-refractivity contribution is -0.129. The maximum absolute atomic E-state index is 13.0. The van der Waals surface area contributed by atoms with Crippen molar-refractivity contribution in [2.75, 3.05) is 19.4 Å². The fourth-order valence-corrected chi connectivity index (χ4v) is 4.49. The van der Waals surface area contributed by atoms with E-state index in [2.05, 4.69) is 35.3 Å². The van der Waals surface area contributed by atoms with Gasteiger partial charge in [-0.15, -0.1) is 10.2 Å². The summed E-state index contributed by atoms with van der Waals surface area (Å²) in [5, 5.41) is 8.96. The van der Waals surface area contributed by atoms with Gasteiger partial charge >= 0.3 is 0 Å². The largest absolute Gasteiger partial charge is 0.497 e. The Hall–Kier alpha value is -2.80. The standard InChI is InChI=1S/C22H24N4O2S/c1-16-8-10-18(11-9-16)26-15-23-24-22(26)29-14-21(27)25-12-4-7-20(25)17-5-3-6-19(13-17)28-2/h3,5-6,8-11,13,15,20H,4,7,12,14H2,1-2H3. The quantitative estimate of drug-likeness (QED) is 0.576. The third-order valence-corrected chi connectivity index (χ3v) is 6.13. The number of aromatic nitrogens is 3. The molecule has 1 amide bonds. The Morgan fingerprint density at radius 1 is 1.24 bits per heavy atom. The lowest BCUT2D eigenvalue weighted by atomic mass is 10.0. The van der Waals surface area contributed by atoms with Gasteiger partial charge in [0.1, 0.15) is 12.1 Å². The van der Waals surface area contributed by atoms with Gasteiger partial charge in [0.05, 0.1) is 18.9 Å². The second-order valence-corrected chi connectivity index (χ2v) is 8.07. The summed E-state index contributed by atoms with van der Waals surface area (Å²) in [5.41, 5.74) is 3.32. The van der Waals surface area contributed by atoms with Crippen molar-refractivity contribution < 1.29 is 9.53 Å². The molecule has 0 radical (unpaired) electrons. The molecule has 1 aromatic heterocycles. The highest BCUT2D eigenvalue weighted by atomic mass is 32.2. The molecule has 1 aliphatic rings. The molecule has 1 atom stereocenters. The van der Waals surface area contributed by atoms with Crippen LogP contribution in [0.4, 0.5) is 0 Å². The van der Waals surface area contributed by atoms with Crippen molar-refractivity contribution in [2.24, 2.45) is 0 Å². The molecule has 150 valence electrons. The fourth-order valence-electron chi connectivity index (χ4n) is 3.68. The number of hydrogen-bond acceptors (Lipinski definition) is 5. The molecule has 0 saturated carbocycles. The second-order valence-electron chi connectivity index (χ2n) is 7.13. The average molecular weight is 409 g/mol. The van der Waals surface area contributed by atoms with E-state index in [1.165, 1.54) is 17.3 Å². The van der Waals surface area contributed by atoms with Crippen molar-refractivity contribution in [1.82, 2.24) is 19.7 Å². The summed E-state index contributed by atoms with van der Waals surface area (Å²) in [6, 6.07) is 16.3. The predicted octanol–water partition coefficient (Wildman–Crippen LogP) is 4.04. The van der Waals surface area contributed by atoms with Crippen molar-refractivity contribution in [2.45, 2.75) is 31.0 Å². The van der Waals surface area contributed by atoms with E-state index in [9.17, 15) is 4.79 Å². The summed E-state index contributed by atoms with van der Waals surface area (Å²) in [6.07, 6.45) is 3.67. The molecule has 2 heterocycles. The van der Waals surface area contributed by atoms with Crippen LogP contribution < -0.4 is 4.74 Å². The van der Waals surface area contributed by atoms with Gasteiger partial charge in [0.15, 0.2) is 5.16 Å². The molecule has 7 heteroatoms. The molecular formula is C22H24N4O2S. The molecule has 0 N–H and O–H groups in total. The van der Waals surface area contributed by atoms with Crippen LogP contribution in [0.2, 0.25) is 0 Å². The van der Waals surface area contributed by atoms with E-state index in [1.807, 2.05) is 39.8 Å². The Kier molecular flexibility index (Phi) is 5.85. The van der Waals surface area contributed by atoms with E-state index in [-0.39, 0.29) is 11.9 Å². The SMILES string of the molecule is COc1cccc(C2CCCN2C(=O)CSc2nncn2-c2ccc(C)cc2)c1. The van der Waals surface area contributed by atoms with Crippen LogP contribution in [0.5, 0.6) is 5.75 Å². The van der Waals surface area contributed by atoms with Crippen molar-refractivity contribution in [3.63, 3.8) is 0 Å². The summed E-state index contributed by atoms with van der Waals surface area (Å²) in [5.74, 6) is 1.28. The Bertz CT molecular complexity index is 986. The minimum Gasteiger partial charge on any atom is -0.497 e. The molecule has 1 aliphatic heterocycles. The van der Waals surface area contributed by atoms with Gasteiger partial charge in [-0.05, 0) is 49.6 Å². The molecule has 2 aromatic carbocycles. The average Bonchev–Trinajstić information content (AvgIpc) is 3.42. The van der Waals surface area contributed by atoms with Crippen LogP contribution in [-0.4, -0.2) is 45.0 Å². The van der Waals surface area contributed by atoms with E-state index in [4.69, 9.17) is 4.74 Å². The van der Waals surface area contributed by atoms with Gasteiger partial charge in [0.25, 0.3) is 0 Å². The number of benzene rings is 2. The first kappa shape index (κ1) is 19.5. The lowest BCUT2D eigenvalue weighted by Gasteiger charge is -2.25. The predicted molar refractivity (Wildman–Crippen MR) is 114 cm³/mol. The molecular weight excluding hydrogens is 384 g/mol. The van der Waals surface area contributed by atoms with Gasteiger partial charge in [-0.3, -0.25) is 9.36 Å². The topological polar surface area (TPSA) is 60.2 Å². The van der Waals surface area contributed by atoms with E-state index in [0.717, 1.165) is 41.5 Å². The summed E-state index contributed by atoms with van der Waals surface area (Å²) in [6.45, 7) is 2.84. The van der Waals surface area contributed by atoms with Crippen LogP contribution >= 0.6 is 11.8 Å². The van der Waals surface area contributed by atoms with Crippen LogP contribution in [0, 0.1) is 6.92 Å². The highest BCUT2D eigenvalue weighted by Crippen LogP contribution is 2.34. The van der Waals surface area contributed by atoms with Gasteiger partial charge in [-0.25, -0.2) is 0 Å². The highest BCUT2D eigenvalue weighted by molar-refractivity contribution is 7.99. The number of hydrogen-bond donors (Lipinski definition) is 0. The molecule has 1 saturated heterocycles. The van der Waals surface area contributed by atoms with Gasteiger partial charge in [-0.1, -0.05) is 41.6 Å². The van der Waals surface area contributed by atoms with Crippen LogP contribution in [0.3, 0.4) is 0 Å². The highest BCUT2D eigenvalue weighted by Gasteiger charge is 2.30. The third-order valence-electron chi connectivity index (χ3n) is 5.21. The van der Waals surface area contributed by atoms with Crippen molar-refractivity contribution in [3.05, 3.63) is 66.0 Å². The molecule has 3 aromatic rings. The summed E-state index contributed by atoms with van der Waals surface area (Å²) in [7, 11) is 1.66. The fraction of sp³-hybridized carbons (Fsp3) is 0.318. The minimum absolute atomic E-state index is 0.105. The Morgan fingerprint density at radius 2 is 2.07 bits per heavy atom. The molecule has 0 aliphatic carbocycles. The van der Waals surface area contributed by atoms with Crippen LogP contribution in [-0.2, 0) is 4.79 Å². The van der Waals surface area contributed by atoms with Gasteiger partial charge < -0.3 is 9.64 Å². The Morgan fingerprint density at radius 3 is 2.86 bits per heavy atom. The van der Waals surface area contributed by atoms with Crippen LogP contribution in [0.15, 0.2) is 60.0 Å². The van der Waals surface area contributed by atoms with Gasteiger partial charge in [0.2, 0.25) is 5.91 Å². The number of rotatable bonds is 6. The van der Waals surface area contributed by atoms with Crippen molar-refractivity contribution in [3.8, 4) is 11.4 Å². The molecule has 1 fully saturated rings. The maximum atomic E-state index is 13.0. The third kappa shape index (κ3) is 4.29. The molecule has 1 unspecified atom stereocenters. The molecule has 6 nitrogen and oxygen atoms in total. The summed E-state index contributed by atoms with van der Waals surface area (Å²) in [4.78, 5) is 15.0. The number of ether oxygens (including phenoxy) is 1. The number of amides is 1. The molecule has 0 spiro atoms. The van der Waals surface area contributed by atoms with E-state index in [0.29, 0.717) is 5.75 Å². The number of carbonyl (C=O) groups excluding carboxylic acids is 1. The lowest BCUT2D eigenvalue weighted by Crippen LogP contribution is -2.32. The number of methoxy groups -OCH3 is 1. The van der Waals surface area contributed by atoms with Crippen LogP contribution in [0.25, 0.3) is 5.69 Å². The monoisotopic (exact) mass is 408 g/mol. The molecule has 0 bridgehead atoms. The molecule has 4 rings (SSSR count). The Labute approximate surface area is 174 Å². The number of aryl methyl sites for hydroxylation is 1. The first-order valence-electron chi connectivity index (χ1n) is 9.69. The van der Waals surface area contributed by atoms with E-state index < -0.39 is 0 Å². The maximum Gasteiger partial charge on any atom is 0.233 e. The van der Waals surface area contributed by atoms with E-state index in [1.54, 1.807) is 13.4 Å². The summed E-state index contributed by atoms with van der Waals surface area (Å²) < 4.78 is 7.26. The number of thioether (sulfide) groups is 1. The first-order valence-corrected chi connectivity index (χ1v) is 10.7. The van der Waals surface area contributed by atoms with Crippen molar-refractivity contribution in [1.29, 1.82) is 0 Å². The smallest absolute Gasteiger partial charge is 0.233 e. The van der Waals surface area contributed by atoms with Gasteiger partial charge in [0, 0.05) is 12.2 Å². The van der Waals surface area contributed by atoms with Crippen LogP contribution in [0.1, 0.15) is 30.0 Å². The normalized spacial score (nSPS) is 16.2. The second kappa shape index (κ2) is 8.69. The van der Waals surface area contributed by atoms with Gasteiger partial charge in [-0.2, -0.15) is 0 Å². The summed E-state index contributed by atoms with van der Waals surface area (Å²) >= 11 is 1.43. The zero-order chi connectivity index (χ0) is 20.2. The number of nitrogens with zero attached hydrogens (tertiary/aromatic N) is 4. The number of likely N-dealkylation sites (tertiary alicyclic amines) is 1. The zero-order valence-corrected chi connectivity index (χ0v) is 17.4. The zero-order valence-electron chi connectivity index (χ0n) is 16.6. The van der Waals surface area contributed by atoms with E-state index >= 15 is 0 Å². The van der Waals surface area contributed by atoms with Crippen molar-refractivity contribution >= 4 is 17.7 Å². The Balaban J connectivity index is 1.45. The number of carbonyl (C=O) groups is 1. The first-order chi connectivity index (χ1) is 14.2.